The van der Waals surface area contributed by atoms with Crippen LogP contribution >= 0.6 is 0 Å². The lowest BCUT2D eigenvalue weighted by molar-refractivity contribution is -0.128. The summed E-state index contributed by atoms with van der Waals surface area (Å²) in [6.45, 7) is 3.90. The number of unbranched alkanes of at least 4 members (excludes halogenated alkanes) is 1. The van der Waals surface area contributed by atoms with Crippen LogP contribution in [0.3, 0.4) is 0 Å². The zero-order valence-electron chi connectivity index (χ0n) is 17.8. The van der Waals surface area contributed by atoms with E-state index in [9.17, 15) is 19.2 Å². The van der Waals surface area contributed by atoms with Gasteiger partial charge in [0.15, 0.2) is 0 Å². The number of hydrogen-bond donors (Lipinski definition) is 5. The van der Waals surface area contributed by atoms with Crippen LogP contribution in [-0.2, 0) is 20.8 Å². The summed E-state index contributed by atoms with van der Waals surface area (Å²) in [4.78, 5) is 46.9. The van der Waals surface area contributed by atoms with Gasteiger partial charge in [-0.25, -0.2) is 4.79 Å². The van der Waals surface area contributed by atoms with Gasteiger partial charge in [-0.15, -0.1) is 0 Å². The first-order valence-corrected chi connectivity index (χ1v) is 10.3. The van der Waals surface area contributed by atoms with Crippen LogP contribution in [0.4, 0.5) is 10.5 Å². The summed E-state index contributed by atoms with van der Waals surface area (Å²) in [7, 11) is 0. The minimum absolute atomic E-state index is 0.206. The molecule has 1 atom stereocenters. The van der Waals surface area contributed by atoms with E-state index >= 15 is 0 Å². The van der Waals surface area contributed by atoms with E-state index in [1.165, 1.54) is 5.56 Å². The molecule has 0 aliphatic heterocycles. The molecule has 6 N–H and O–H groups in total. The molecule has 9 nitrogen and oxygen atoms in total. The second kappa shape index (κ2) is 14.0. The van der Waals surface area contributed by atoms with Crippen LogP contribution in [0, 0.1) is 0 Å². The summed E-state index contributed by atoms with van der Waals surface area (Å²) in [5, 5.41) is 10.4. The Balaban J connectivity index is 2.68. The van der Waals surface area contributed by atoms with Crippen LogP contribution < -0.4 is 27.0 Å². The molecular weight excluding hydrogens is 386 g/mol. The molecule has 0 fully saturated rings. The van der Waals surface area contributed by atoms with Crippen LogP contribution in [-0.4, -0.2) is 42.9 Å². The van der Waals surface area contributed by atoms with E-state index in [1.807, 2.05) is 24.3 Å². The number of benzene rings is 1. The zero-order chi connectivity index (χ0) is 22.4. The first kappa shape index (κ1) is 24.9. The first-order chi connectivity index (χ1) is 14.3. The predicted molar refractivity (Wildman–Crippen MR) is 116 cm³/mol. The second-order valence-electron chi connectivity index (χ2n) is 6.97. The van der Waals surface area contributed by atoms with Crippen LogP contribution in [0.1, 0.15) is 51.5 Å². The van der Waals surface area contributed by atoms with Crippen molar-refractivity contribution in [2.24, 2.45) is 5.73 Å². The molecule has 0 heterocycles. The maximum Gasteiger partial charge on any atom is 0.312 e. The van der Waals surface area contributed by atoms with Crippen molar-refractivity contribution in [1.82, 2.24) is 16.0 Å². The molecule has 9 heteroatoms. The topological polar surface area (TPSA) is 142 Å². The number of primary amides is 1. The summed E-state index contributed by atoms with van der Waals surface area (Å²) in [5.41, 5.74) is 6.87. The number of urea groups is 1. The lowest BCUT2D eigenvalue weighted by atomic mass is 10.1. The molecule has 1 unspecified atom stereocenters. The van der Waals surface area contributed by atoms with Gasteiger partial charge in [0.05, 0.1) is 6.54 Å². The van der Waals surface area contributed by atoms with E-state index in [1.54, 1.807) is 6.92 Å². The average molecular weight is 420 g/mol. The van der Waals surface area contributed by atoms with Crippen molar-refractivity contribution in [3.63, 3.8) is 0 Å². The quantitative estimate of drug-likeness (QED) is 0.308. The molecule has 0 aromatic heterocycles. The van der Waals surface area contributed by atoms with Crippen molar-refractivity contribution in [3.8, 4) is 0 Å². The fourth-order valence-corrected chi connectivity index (χ4v) is 2.70. The Kier molecular flexibility index (Phi) is 11.6. The summed E-state index contributed by atoms with van der Waals surface area (Å²) < 4.78 is 0. The maximum atomic E-state index is 12.7. The van der Waals surface area contributed by atoms with Gasteiger partial charge in [0.25, 0.3) is 0 Å². The molecule has 0 aliphatic carbocycles. The number of aryl methyl sites for hydroxylation is 1. The molecule has 0 bridgehead atoms. The third-order valence-corrected chi connectivity index (χ3v) is 4.43. The highest BCUT2D eigenvalue weighted by molar-refractivity contribution is 5.97. The summed E-state index contributed by atoms with van der Waals surface area (Å²) >= 11 is 0. The Morgan fingerprint density at radius 1 is 0.967 bits per heavy atom. The van der Waals surface area contributed by atoms with Crippen LogP contribution in [0.5, 0.6) is 0 Å². The predicted octanol–water partition coefficient (Wildman–Crippen LogP) is 1.43. The Morgan fingerprint density at radius 3 is 2.27 bits per heavy atom. The van der Waals surface area contributed by atoms with Gasteiger partial charge in [-0.05, 0) is 43.4 Å². The third kappa shape index (κ3) is 10.4. The number of carbonyl (C=O) groups is 4. The van der Waals surface area contributed by atoms with Crippen molar-refractivity contribution in [1.29, 1.82) is 0 Å². The SMILES string of the molecule is CCCCc1ccc(NC(=O)C(CCCNC(N)=O)NC(=O)CNC(=O)CC)cc1. The number of nitrogens with two attached hydrogens (primary N) is 1. The van der Waals surface area contributed by atoms with Crippen LogP contribution in [0.25, 0.3) is 0 Å². The van der Waals surface area contributed by atoms with E-state index in [4.69, 9.17) is 5.73 Å². The molecular formula is C21H33N5O4. The molecule has 0 saturated heterocycles. The van der Waals surface area contributed by atoms with Gasteiger partial charge < -0.3 is 27.0 Å². The normalized spacial score (nSPS) is 11.3. The Morgan fingerprint density at radius 2 is 1.67 bits per heavy atom. The Bertz CT molecular complexity index is 706. The van der Waals surface area contributed by atoms with E-state index in [0.717, 1.165) is 19.3 Å². The molecule has 166 valence electrons. The van der Waals surface area contributed by atoms with Gasteiger partial charge in [-0.3, -0.25) is 14.4 Å². The zero-order valence-corrected chi connectivity index (χ0v) is 17.8. The highest BCUT2D eigenvalue weighted by atomic mass is 16.2. The molecule has 30 heavy (non-hydrogen) atoms. The van der Waals surface area contributed by atoms with Gasteiger partial charge >= 0.3 is 6.03 Å². The van der Waals surface area contributed by atoms with Gasteiger partial charge in [-0.1, -0.05) is 32.4 Å². The third-order valence-electron chi connectivity index (χ3n) is 4.43. The minimum Gasteiger partial charge on any atom is -0.352 e. The highest BCUT2D eigenvalue weighted by Crippen LogP contribution is 2.13. The molecule has 5 amide bonds. The summed E-state index contributed by atoms with van der Waals surface area (Å²) in [5.74, 6) is -1.08. The fraction of sp³-hybridized carbons (Fsp3) is 0.524. The van der Waals surface area contributed by atoms with Crippen molar-refractivity contribution in [3.05, 3.63) is 29.8 Å². The largest absolute Gasteiger partial charge is 0.352 e. The molecule has 1 aromatic rings. The lowest BCUT2D eigenvalue weighted by Crippen LogP contribution is -2.47. The molecule has 1 rings (SSSR count). The smallest absolute Gasteiger partial charge is 0.312 e. The van der Waals surface area contributed by atoms with Crippen molar-refractivity contribution >= 4 is 29.4 Å². The van der Waals surface area contributed by atoms with Crippen molar-refractivity contribution < 1.29 is 19.2 Å². The van der Waals surface area contributed by atoms with Crippen molar-refractivity contribution in [2.45, 2.75) is 58.4 Å². The van der Waals surface area contributed by atoms with Gasteiger partial charge in [0, 0.05) is 18.7 Å². The maximum absolute atomic E-state index is 12.7. The summed E-state index contributed by atoms with van der Waals surface area (Å²) in [6, 6.07) is 6.14. The number of rotatable bonds is 13. The standard InChI is InChI=1S/C21H33N5O4/c1-3-5-7-15-9-11-16(12-10-15)25-20(29)17(8-6-13-23-21(22)30)26-19(28)14-24-18(27)4-2/h9-12,17H,3-8,13-14H2,1-2H3,(H,24,27)(H,25,29)(H,26,28)(H3,22,23,30). The highest BCUT2D eigenvalue weighted by Gasteiger charge is 2.21. The Labute approximate surface area is 177 Å². The number of amides is 5. The monoisotopic (exact) mass is 419 g/mol. The lowest BCUT2D eigenvalue weighted by Gasteiger charge is -2.19. The molecule has 0 spiro atoms. The van der Waals surface area contributed by atoms with Crippen LogP contribution in [0.2, 0.25) is 0 Å². The second-order valence-corrected chi connectivity index (χ2v) is 6.97. The van der Waals surface area contributed by atoms with E-state index in [-0.39, 0.29) is 31.3 Å². The fourth-order valence-electron chi connectivity index (χ4n) is 2.70. The molecule has 1 aromatic carbocycles. The Hall–Kier alpha value is -3.10. The van der Waals surface area contributed by atoms with E-state index < -0.39 is 18.0 Å². The molecule has 0 saturated carbocycles. The van der Waals surface area contributed by atoms with E-state index in [2.05, 4.69) is 28.2 Å². The van der Waals surface area contributed by atoms with Crippen LogP contribution in [0.15, 0.2) is 24.3 Å². The number of carbonyl (C=O) groups excluding carboxylic acids is 4. The summed E-state index contributed by atoms with van der Waals surface area (Å²) in [6.07, 6.45) is 4.22. The molecule has 0 aliphatic rings. The van der Waals surface area contributed by atoms with Gasteiger partial charge in [0.1, 0.15) is 6.04 Å². The van der Waals surface area contributed by atoms with Gasteiger partial charge in [0.2, 0.25) is 17.7 Å². The number of nitrogens with one attached hydrogen (secondary N) is 4. The minimum atomic E-state index is -0.814. The molecule has 0 radical (unpaired) electrons. The van der Waals surface area contributed by atoms with Gasteiger partial charge in [-0.2, -0.15) is 0 Å². The van der Waals surface area contributed by atoms with E-state index in [0.29, 0.717) is 18.5 Å². The number of hydrogen-bond acceptors (Lipinski definition) is 4. The number of anilines is 1. The average Bonchev–Trinajstić information content (AvgIpc) is 2.73. The first-order valence-electron chi connectivity index (χ1n) is 10.3. The van der Waals surface area contributed by atoms with Crippen molar-refractivity contribution in [2.75, 3.05) is 18.4 Å².